The highest BCUT2D eigenvalue weighted by atomic mass is 16.5. The van der Waals surface area contributed by atoms with E-state index < -0.39 is 17.5 Å². The van der Waals surface area contributed by atoms with Crippen LogP contribution in [0.3, 0.4) is 0 Å². The number of carbonyl (C=O) groups excluding carboxylic acids is 1. The molecule has 0 unspecified atom stereocenters. The predicted octanol–water partition coefficient (Wildman–Crippen LogP) is 1.80. The Hall–Kier alpha value is -4.97. The van der Waals surface area contributed by atoms with E-state index in [1.807, 2.05) is 48.5 Å². The van der Waals surface area contributed by atoms with Gasteiger partial charge in [0.15, 0.2) is 6.29 Å². The molecule has 0 saturated carbocycles. The number of carbonyl (C=O) groups is 3. The SMILES string of the molecule is COc1ccccc1N1CCN(CCCn2c(=O)c(C=O)cn(Cc3ccccc3)c2=O)CC1.O=C(O)C=CC(=O)O. The molecule has 222 valence electrons. The minimum atomic E-state index is -1.26. The van der Waals surface area contributed by atoms with Gasteiger partial charge < -0.3 is 19.8 Å². The smallest absolute Gasteiger partial charge is 0.331 e. The molecule has 42 heavy (non-hydrogen) atoms. The van der Waals surface area contributed by atoms with Gasteiger partial charge in [-0.2, -0.15) is 0 Å². The molecule has 1 saturated heterocycles. The second-order valence-corrected chi connectivity index (χ2v) is 9.42. The quantitative estimate of drug-likeness (QED) is 0.255. The molecule has 0 aliphatic carbocycles. The van der Waals surface area contributed by atoms with E-state index in [4.69, 9.17) is 14.9 Å². The molecule has 1 fully saturated rings. The third-order valence-electron chi connectivity index (χ3n) is 6.61. The van der Waals surface area contributed by atoms with Crippen molar-refractivity contribution in [3.8, 4) is 5.75 Å². The Morgan fingerprint density at radius 3 is 2.10 bits per heavy atom. The van der Waals surface area contributed by atoms with Gasteiger partial charge in [-0.15, -0.1) is 0 Å². The monoisotopic (exact) mass is 578 g/mol. The molecule has 1 aliphatic heterocycles. The summed E-state index contributed by atoms with van der Waals surface area (Å²) in [4.78, 5) is 60.9. The summed E-state index contributed by atoms with van der Waals surface area (Å²) in [5.74, 6) is -1.64. The summed E-state index contributed by atoms with van der Waals surface area (Å²) < 4.78 is 8.11. The van der Waals surface area contributed by atoms with E-state index in [1.165, 1.54) is 15.3 Å². The van der Waals surface area contributed by atoms with Crippen molar-refractivity contribution >= 4 is 23.9 Å². The van der Waals surface area contributed by atoms with Crippen molar-refractivity contribution in [2.75, 3.05) is 44.7 Å². The number of nitrogens with zero attached hydrogens (tertiary/aromatic N) is 4. The summed E-state index contributed by atoms with van der Waals surface area (Å²) in [6.07, 6.45) is 3.65. The number of piperazine rings is 1. The highest BCUT2D eigenvalue weighted by Gasteiger charge is 2.19. The summed E-state index contributed by atoms with van der Waals surface area (Å²) >= 11 is 0. The molecule has 0 atom stereocenters. The lowest BCUT2D eigenvalue weighted by atomic mass is 10.2. The van der Waals surface area contributed by atoms with Gasteiger partial charge >= 0.3 is 17.6 Å². The number of carboxylic acid groups (broad SMARTS) is 2. The largest absolute Gasteiger partial charge is 0.495 e. The zero-order chi connectivity index (χ0) is 30.5. The summed E-state index contributed by atoms with van der Waals surface area (Å²) in [6, 6.07) is 17.5. The first-order valence-electron chi connectivity index (χ1n) is 13.3. The first-order chi connectivity index (χ1) is 20.2. The van der Waals surface area contributed by atoms with Gasteiger partial charge in [-0.05, 0) is 30.7 Å². The maximum atomic E-state index is 13.0. The fourth-order valence-electron chi connectivity index (χ4n) is 4.55. The minimum absolute atomic E-state index is 0.000883. The molecule has 1 aliphatic rings. The number of aromatic nitrogens is 2. The fraction of sp³-hybridized carbons (Fsp3) is 0.300. The number of ether oxygens (including phenoxy) is 1. The van der Waals surface area contributed by atoms with E-state index >= 15 is 0 Å². The van der Waals surface area contributed by atoms with Crippen molar-refractivity contribution in [2.24, 2.45) is 0 Å². The molecule has 4 rings (SSSR count). The summed E-state index contributed by atoms with van der Waals surface area (Å²) in [5, 5.41) is 15.6. The number of carboxylic acids is 2. The first-order valence-corrected chi connectivity index (χ1v) is 13.3. The molecule has 0 amide bonds. The molecule has 12 heteroatoms. The zero-order valence-corrected chi connectivity index (χ0v) is 23.3. The van der Waals surface area contributed by atoms with E-state index in [9.17, 15) is 24.0 Å². The predicted molar refractivity (Wildman–Crippen MR) is 157 cm³/mol. The molecule has 2 aromatic carbocycles. The Morgan fingerprint density at radius 2 is 1.50 bits per heavy atom. The van der Waals surface area contributed by atoms with Gasteiger partial charge in [0.05, 0.1) is 24.9 Å². The highest BCUT2D eigenvalue weighted by Crippen LogP contribution is 2.28. The summed E-state index contributed by atoms with van der Waals surface area (Å²) in [5.41, 5.74) is 1.12. The number of methoxy groups -OCH3 is 1. The minimum Gasteiger partial charge on any atom is -0.495 e. The van der Waals surface area contributed by atoms with Gasteiger partial charge in [0.25, 0.3) is 5.56 Å². The number of anilines is 1. The molecule has 0 spiro atoms. The molecule has 2 heterocycles. The first kappa shape index (κ1) is 31.6. The molecule has 0 radical (unpaired) electrons. The molecular weight excluding hydrogens is 544 g/mol. The average Bonchev–Trinajstić information content (AvgIpc) is 3.00. The van der Waals surface area contributed by atoms with Gasteiger partial charge in [-0.3, -0.25) is 23.6 Å². The van der Waals surface area contributed by atoms with E-state index in [0.717, 1.165) is 49.7 Å². The maximum absolute atomic E-state index is 13.0. The molecule has 1 aromatic heterocycles. The van der Waals surface area contributed by atoms with E-state index in [1.54, 1.807) is 7.11 Å². The van der Waals surface area contributed by atoms with Crippen molar-refractivity contribution in [3.63, 3.8) is 0 Å². The van der Waals surface area contributed by atoms with E-state index in [2.05, 4.69) is 15.9 Å². The Morgan fingerprint density at radius 1 is 0.881 bits per heavy atom. The van der Waals surface area contributed by atoms with Crippen LogP contribution in [0.4, 0.5) is 5.69 Å². The van der Waals surface area contributed by atoms with Crippen molar-refractivity contribution in [3.05, 3.63) is 105 Å². The Balaban J connectivity index is 0.000000531. The van der Waals surface area contributed by atoms with Gasteiger partial charge in [0.2, 0.25) is 0 Å². The van der Waals surface area contributed by atoms with Crippen LogP contribution in [-0.2, 0) is 22.7 Å². The lowest BCUT2D eigenvalue weighted by molar-refractivity contribution is -0.134. The van der Waals surface area contributed by atoms with E-state index in [-0.39, 0.29) is 17.8 Å². The molecule has 2 N–H and O–H groups in total. The fourth-order valence-corrected chi connectivity index (χ4v) is 4.55. The molecule has 12 nitrogen and oxygen atoms in total. The highest BCUT2D eigenvalue weighted by molar-refractivity contribution is 5.89. The zero-order valence-electron chi connectivity index (χ0n) is 23.3. The van der Waals surface area contributed by atoms with Crippen molar-refractivity contribution in [1.29, 1.82) is 0 Å². The Bertz CT molecular complexity index is 1490. The standard InChI is InChI=1S/C26H30N4O4.C4H4O4/c1-34-24-11-6-5-10-23(24)28-16-14-27(15-17-28)12-7-13-30-25(32)22(20-31)19-29(26(30)33)18-21-8-3-2-4-9-21;5-3(6)1-2-4(7)8/h2-6,8-11,19-20H,7,12-18H2,1H3;1-2H,(H,5,6)(H,7,8). The van der Waals surface area contributed by atoms with Crippen LogP contribution in [0, 0.1) is 0 Å². The van der Waals surface area contributed by atoms with Crippen LogP contribution in [0.1, 0.15) is 22.3 Å². The lowest BCUT2D eigenvalue weighted by Crippen LogP contribution is -2.47. The maximum Gasteiger partial charge on any atom is 0.331 e. The number of aliphatic carboxylic acids is 2. The van der Waals surface area contributed by atoms with Crippen molar-refractivity contribution in [2.45, 2.75) is 19.5 Å². The van der Waals surface area contributed by atoms with Crippen LogP contribution in [0.5, 0.6) is 5.75 Å². The van der Waals surface area contributed by atoms with Crippen LogP contribution in [-0.4, -0.2) is 82.3 Å². The van der Waals surface area contributed by atoms with Crippen LogP contribution in [0.25, 0.3) is 0 Å². The lowest BCUT2D eigenvalue weighted by Gasteiger charge is -2.36. The molecule has 0 bridgehead atoms. The van der Waals surface area contributed by atoms with Gasteiger partial charge in [0, 0.05) is 51.1 Å². The number of rotatable bonds is 11. The number of hydrogen-bond donors (Lipinski definition) is 2. The Labute approximate surface area is 242 Å². The van der Waals surface area contributed by atoms with Gasteiger partial charge in [0.1, 0.15) is 5.75 Å². The number of aldehydes is 1. The third-order valence-corrected chi connectivity index (χ3v) is 6.61. The second kappa shape index (κ2) is 15.7. The third kappa shape index (κ3) is 9.03. The van der Waals surface area contributed by atoms with Crippen LogP contribution >= 0.6 is 0 Å². The van der Waals surface area contributed by atoms with E-state index in [0.29, 0.717) is 31.4 Å². The normalized spacial score (nSPS) is 13.3. The average molecular weight is 579 g/mol. The molecular formula is C30H34N4O8. The van der Waals surface area contributed by atoms with Crippen LogP contribution in [0.2, 0.25) is 0 Å². The molecule has 3 aromatic rings. The summed E-state index contributed by atoms with van der Waals surface area (Å²) in [7, 11) is 1.68. The second-order valence-electron chi connectivity index (χ2n) is 9.42. The number of hydrogen-bond acceptors (Lipinski definition) is 8. The summed E-state index contributed by atoms with van der Waals surface area (Å²) in [6.45, 7) is 4.90. The Kier molecular flexibility index (Phi) is 11.8. The van der Waals surface area contributed by atoms with Gasteiger partial charge in [-0.25, -0.2) is 14.4 Å². The van der Waals surface area contributed by atoms with Crippen LogP contribution < -0.4 is 20.9 Å². The number of benzene rings is 2. The van der Waals surface area contributed by atoms with Crippen LogP contribution in [0.15, 0.2) is 82.5 Å². The number of para-hydroxylation sites is 2. The topological polar surface area (TPSA) is 151 Å². The van der Waals surface area contributed by atoms with Crippen molar-refractivity contribution < 1.29 is 29.3 Å². The van der Waals surface area contributed by atoms with Gasteiger partial charge in [-0.1, -0.05) is 42.5 Å². The van der Waals surface area contributed by atoms with Crippen molar-refractivity contribution in [1.82, 2.24) is 14.0 Å².